The molecule has 0 aliphatic rings. The summed E-state index contributed by atoms with van der Waals surface area (Å²) in [6, 6.07) is 16.7. The lowest BCUT2D eigenvalue weighted by Gasteiger charge is -2.09. The van der Waals surface area contributed by atoms with Gasteiger partial charge in [-0.2, -0.15) is 0 Å². The van der Waals surface area contributed by atoms with Gasteiger partial charge in [-0.1, -0.05) is 50.1 Å². The first-order chi connectivity index (χ1) is 18.2. The summed E-state index contributed by atoms with van der Waals surface area (Å²) in [5.74, 6) is 2.42. The van der Waals surface area contributed by atoms with Crippen LogP contribution in [0.2, 0.25) is 0 Å². The van der Waals surface area contributed by atoms with Crippen LogP contribution in [0.25, 0.3) is 21.9 Å². The largest absolute Gasteiger partial charge is 0.494 e. The van der Waals surface area contributed by atoms with E-state index in [0.717, 1.165) is 98.1 Å². The highest BCUT2D eigenvalue weighted by Crippen LogP contribution is 2.31. The number of anilines is 1. The highest BCUT2D eigenvalue weighted by atomic mass is 16.5. The Labute approximate surface area is 221 Å². The van der Waals surface area contributed by atoms with E-state index in [1.807, 2.05) is 12.1 Å². The van der Waals surface area contributed by atoms with Gasteiger partial charge in [-0.15, -0.1) is 0 Å². The molecule has 6 nitrogen and oxygen atoms in total. The number of nitrogen functional groups attached to an aromatic ring is 1. The molecule has 0 spiro atoms. The van der Waals surface area contributed by atoms with Gasteiger partial charge in [0, 0.05) is 32.1 Å². The number of nitrogens with zero attached hydrogens (tertiary/aromatic N) is 3. The number of aromatic nitrogens is 3. The summed E-state index contributed by atoms with van der Waals surface area (Å²) >= 11 is 0. The number of ether oxygens (including phenoxy) is 2. The number of aryl methyl sites for hydroxylation is 3. The molecular formula is C31H42N4O2. The number of hydrogen-bond donors (Lipinski definition) is 1. The van der Waals surface area contributed by atoms with Crippen LogP contribution in [-0.4, -0.2) is 34.4 Å². The second kappa shape index (κ2) is 14.0. The summed E-state index contributed by atoms with van der Waals surface area (Å²) in [6.07, 6.45) is 11.1. The Hall–Kier alpha value is -3.12. The number of hydrogen-bond acceptors (Lipinski definition) is 5. The third kappa shape index (κ3) is 7.45. The third-order valence-corrected chi connectivity index (χ3v) is 6.95. The average molecular weight is 503 g/mol. The third-order valence-electron chi connectivity index (χ3n) is 6.95. The van der Waals surface area contributed by atoms with Gasteiger partial charge in [-0.05, 0) is 68.7 Å². The molecule has 6 heteroatoms. The lowest BCUT2D eigenvalue weighted by Crippen LogP contribution is -2.01. The summed E-state index contributed by atoms with van der Waals surface area (Å²) in [5.41, 5.74) is 10.4. The van der Waals surface area contributed by atoms with E-state index < -0.39 is 0 Å². The number of imidazole rings is 1. The molecule has 2 aromatic heterocycles. The molecule has 0 bridgehead atoms. The van der Waals surface area contributed by atoms with Gasteiger partial charge in [0.25, 0.3) is 0 Å². The van der Waals surface area contributed by atoms with Gasteiger partial charge in [0.15, 0.2) is 5.82 Å². The summed E-state index contributed by atoms with van der Waals surface area (Å²) < 4.78 is 14.1. The van der Waals surface area contributed by atoms with E-state index in [1.165, 1.54) is 18.4 Å². The van der Waals surface area contributed by atoms with Gasteiger partial charge >= 0.3 is 0 Å². The topological polar surface area (TPSA) is 75.2 Å². The molecule has 0 radical (unpaired) electrons. The summed E-state index contributed by atoms with van der Waals surface area (Å²) in [4.78, 5) is 9.39. The van der Waals surface area contributed by atoms with E-state index in [4.69, 9.17) is 20.2 Å². The number of nitrogens with two attached hydrogens (primary N) is 1. The molecule has 0 saturated heterocycles. The van der Waals surface area contributed by atoms with E-state index in [1.54, 1.807) is 0 Å². The van der Waals surface area contributed by atoms with Gasteiger partial charge in [0.2, 0.25) is 0 Å². The first-order valence-electron chi connectivity index (χ1n) is 14.0. The molecule has 0 amide bonds. The molecule has 4 rings (SSSR count). The monoisotopic (exact) mass is 502 g/mol. The SMILES string of the molecule is CCCCc1nc2c(N)nc3ccc(OCCCCCCOCCCCc4ccccc4)cc3c2n1C. The molecule has 37 heavy (non-hydrogen) atoms. The Bertz CT molecular complexity index is 1250. The van der Waals surface area contributed by atoms with Crippen molar-refractivity contribution in [2.45, 2.75) is 71.1 Å². The molecule has 0 atom stereocenters. The predicted octanol–water partition coefficient (Wildman–Crippen LogP) is 7.03. The maximum atomic E-state index is 6.24. The van der Waals surface area contributed by atoms with Crippen molar-refractivity contribution in [3.8, 4) is 5.75 Å². The minimum absolute atomic E-state index is 0.491. The van der Waals surface area contributed by atoms with E-state index in [0.29, 0.717) is 12.4 Å². The standard InChI is InChI=1S/C31H42N4O2/c1-3-4-17-28-34-29-30(35(28)2)26-23-25(18-19-27(26)33-31(29)32)37-22-12-6-5-11-20-36-21-13-10-16-24-14-8-7-9-15-24/h7-9,14-15,18-19,23H,3-6,10-13,16-17,20-22H2,1-2H3,(H2,32,33). The minimum Gasteiger partial charge on any atom is -0.494 e. The van der Waals surface area contributed by atoms with Crippen LogP contribution in [0, 0.1) is 0 Å². The quantitative estimate of drug-likeness (QED) is 0.167. The van der Waals surface area contributed by atoms with Crippen molar-refractivity contribution in [2.75, 3.05) is 25.6 Å². The number of fused-ring (bicyclic) bond motifs is 3. The second-order valence-electron chi connectivity index (χ2n) is 9.88. The lowest BCUT2D eigenvalue weighted by atomic mass is 10.1. The van der Waals surface area contributed by atoms with Crippen molar-refractivity contribution in [3.05, 3.63) is 59.9 Å². The molecular weight excluding hydrogens is 460 g/mol. The first-order valence-corrected chi connectivity index (χ1v) is 14.0. The second-order valence-corrected chi connectivity index (χ2v) is 9.88. The van der Waals surface area contributed by atoms with Crippen LogP contribution in [0.5, 0.6) is 5.75 Å². The zero-order chi connectivity index (χ0) is 25.9. The average Bonchev–Trinajstić information content (AvgIpc) is 3.25. The van der Waals surface area contributed by atoms with Crippen molar-refractivity contribution in [1.29, 1.82) is 0 Å². The Morgan fingerprint density at radius 1 is 0.811 bits per heavy atom. The van der Waals surface area contributed by atoms with Crippen LogP contribution in [0.15, 0.2) is 48.5 Å². The zero-order valence-electron chi connectivity index (χ0n) is 22.5. The van der Waals surface area contributed by atoms with E-state index in [-0.39, 0.29) is 0 Å². The van der Waals surface area contributed by atoms with E-state index >= 15 is 0 Å². The fourth-order valence-corrected chi connectivity index (χ4v) is 4.79. The molecule has 4 aromatic rings. The van der Waals surface area contributed by atoms with Gasteiger partial charge in [-0.3, -0.25) is 0 Å². The van der Waals surface area contributed by atoms with Gasteiger partial charge in [-0.25, -0.2) is 9.97 Å². The van der Waals surface area contributed by atoms with Crippen LogP contribution < -0.4 is 10.5 Å². The Balaban J connectivity index is 1.16. The Morgan fingerprint density at radius 2 is 1.57 bits per heavy atom. The number of benzene rings is 2. The highest BCUT2D eigenvalue weighted by molar-refractivity contribution is 6.07. The smallest absolute Gasteiger partial charge is 0.152 e. The number of unbranched alkanes of at least 4 members (excludes halogenated alkanes) is 5. The zero-order valence-corrected chi connectivity index (χ0v) is 22.5. The van der Waals surface area contributed by atoms with Gasteiger partial charge in [0.05, 0.1) is 17.6 Å². The van der Waals surface area contributed by atoms with Crippen molar-refractivity contribution >= 4 is 27.8 Å². The maximum Gasteiger partial charge on any atom is 0.152 e. The molecule has 0 aliphatic carbocycles. The first kappa shape index (κ1) is 26.9. The maximum absolute atomic E-state index is 6.24. The molecule has 198 valence electrons. The van der Waals surface area contributed by atoms with Gasteiger partial charge < -0.3 is 19.8 Å². The van der Waals surface area contributed by atoms with E-state index in [9.17, 15) is 0 Å². The van der Waals surface area contributed by atoms with Crippen LogP contribution in [-0.2, 0) is 24.6 Å². The van der Waals surface area contributed by atoms with Crippen LogP contribution in [0.4, 0.5) is 5.82 Å². The summed E-state index contributed by atoms with van der Waals surface area (Å²) in [7, 11) is 2.07. The summed E-state index contributed by atoms with van der Waals surface area (Å²) in [6.45, 7) is 4.63. The molecule has 0 unspecified atom stereocenters. The lowest BCUT2D eigenvalue weighted by molar-refractivity contribution is 0.126. The fourth-order valence-electron chi connectivity index (χ4n) is 4.79. The summed E-state index contributed by atoms with van der Waals surface area (Å²) in [5, 5.41) is 1.04. The number of pyridine rings is 1. The normalized spacial score (nSPS) is 11.5. The van der Waals surface area contributed by atoms with Crippen molar-refractivity contribution in [3.63, 3.8) is 0 Å². The molecule has 0 fully saturated rings. The molecule has 0 aliphatic heterocycles. The Morgan fingerprint density at radius 3 is 2.35 bits per heavy atom. The predicted molar refractivity (Wildman–Crippen MR) is 153 cm³/mol. The number of rotatable bonds is 16. The van der Waals surface area contributed by atoms with Crippen molar-refractivity contribution < 1.29 is 9.47 Å². The molecule has 2 aromatic carbocycles. The van der Waals surface area contributed by atoms with Crippen molar-refractivity contribution in [1.82, 2.24) is 14.5 Å². The highest BCUT2D eigenvalue weighted by Gasteiger charge is 2.15. The molecule has 2 heterocycles. The van der Waals surface area contributed by atoms with Crippen molar-refractivity contribution in [2.24, 2.45) is 7.05 Å². The van der Waals surface area contributed by atoms with Crippen LogP contribution in [0.1, 0.15) is 69.7 Å². The van der Waals surface area contributed by atoms with E-state index in [2.05, 4.69) is 59.9 Å². The molecule has 0 saturated carbocycles. The van der Waals surface area contributed by atoms with Crippen LogP contribution >= 0.6 is 0 Å². The fraction of sp³-hybridized carbons (Fsp3) is 0.484. The molecule has 2 N–H and O–H groups in total. The minimum atomic E-state index is 0.491. The van der Waals surface area contributed by atoms with Gasteiger partial charge in [0.1, 0.15) is 17.1 Å². The van der Waals surface area contributed by atoms with Crippen LogP contribution in [0.3, 0.4) is 0 Å². The Kier molecular flexibility index (Phi) is 10.2.